The second-order valence-corrected chi connectivity index (χ2v) is 8.86. The lowest BCUT2D eigenvalue weighted by molar-refractivity contribution is -0.137. The summed E-state index contributed by atoms with van der Waals surface area (Å²) in [5.74, 6) is -2.31. The molecule has 4 rings (SSSR count). The lowest BCUT2D eigenvalue weighted by atomic mass is 9.79. The third-order valence-corrected chi connectivity index (χ3v) is 6.48. The van der Waals surface area contributed by atoms with E-state index in [0.717, 1.165) is 12.8 Å². The maximum Gasteiger partial charge on any atom is 0.325 e. The summed E-state index contributed by atoms with van der Waals surface area (Å²) in [5.41, 5.74) is 0.504. The summed E-state index contributed by atoms with van der Waals surface area (Å²) in [6, 6.07) is 4.69. The van der Waals surface area contributed by atoms with Gasteiger partial charge in [-0.05, 0) is 38.2 Å². The van der Waals surface area contributed by atoms with Gasteiger partial charge in [0.2, 0.25) is 11.8 Å². The number of allylic oxidation sites excluding steroid dienone is 2. The van der Waals surface area contributed by atoms with Gasteiger partial charge in [0.25, 0.3) is 0 Å². The highest BCUT2D eigenvalue weighted by molar-refractivity contribution is 6.14. The zero-order chi connectivity index (χ0) is 24.8. The molecule has 0 bridgehead atoms. The molecule has 1 fully saturated rings. The normalized spacial score (nSPS) is 22.2. The number of imide groups is 1. The van der Waals surface area contributed by atoms with Crippen molar-refractivity contribution in [3.8, 4) is 5.75 Å². The molecule has 2 heterocycles. The number of Topliss-reactive ketones (excluding diaryl/α,β-unsaturated/α-hetero) is 2. The molecular weight excluding hydrogens is 450 g/mol. The number of ketones is 2. The van der Waals surface area contributed by atoms with E-state index >= 15 is 0 Å². The van der Waals surface area contributed by atoms with Gasteiger partial charge in [-0.15, -0.1) is 0 Å². The summed E-state index contributed by atoms with van der Waals surface area (Å²) >= 11 is 0. The van der Waals surface area contributed by atoms with Crippen molar-refractivity contribution in [3.05, 3.63) is 53.9 Å². The number of benzene rings is 1. The van der Waals surface area contributed by atoms with Crippen LogP contribution in [0.15, 0.2) is 42.8 Å². The Bertz CT molecular complexity index is 1080. The number of fused-ring (bicyclic) bond motifs is 1. The largest absolute Gasteiger partial charge is 0.493 e. The summed E-state index contributed by atoms with van der Waals surface area (Å²) in [4.78, 5) is 64.0. The van der Waals surface area contributed by atoms with E-state index in [2.05, 4.69) is 10.6 Å². The number of hydrogen-bond acceptors (Lipinski definition) is 6. The van der Waals surface area contributed by atoms with Crippen LogP contribution < -0.4 is 15.4 Å². The van der Waals surface area contributed by atoms with Gasteiger partial charge < -0.3 is 10.1 Å². The minimum Gasteiger partial charge on any atom is -0.493 e. The van der Waals surface area contributed by atoms with Crippen LogP contribution in [0, 0.1) is 11.8 Å². The molecule has 0 aromatic heterocycles. The quantitative estimate of drug-likeness (QED) is 0.367. The number of rotatable bonds is 6. The average molecular weight is 480 g/mol. The molecule has 3 aliphatic rings. The van der Waals surface area contributed by atoms with E-state index in [-0.39, 0.29) is 61.4 Å². The molecule has 0 saturated carbocycles. The predicted octanol–water partition coefficient (Wildman–Crippen LogP) is 3.12. The molecule has 2 atom stereocenters. The van der Waals surface area contributed by atoms with E-state index in [1.165, 1.54) is 4.90 Å². The van der Waals surface area contributed by atoms with Crippen LogP contribution in [0.25, 0.3) is 0 Å². The van der Waals surface area contributed by atoms with Gasteiger partial charge in [0, 0.05) is 49.2 Å². The van der Waals surface area contributed by atoms with E-state index < -0.39 is 17.7 Å². The standard InChI is InChI=1S/C26H29N3O6/c30-20-11-9-17(18-10-12-22(31)28-25(18)33)24(32)23-19(20)7-5-8-21(23)35-16-6-13-27-26(34)29-14-3-1-2-4-15-29/h3-5,7-8,14-15,17-18H,1-2,6,9-13,16H2,(H,27,34)(H,28,31,33). The summed E-state index contributed by atoms with van der Waals surface area (Å²) in [7, 11) is 0. The van der Waals surface area contributed by atoms with E-state index in [0.29, 0.717) is 24.3 Å². The summed E-state index contributed by atoms with van der Waals surface area (Å²) in [5, 5.41) is 5.13. The van der Waals surface area contributed by atoms with Gasteiger partial charge in [0.05, 0.1) is 12.2 Å². The molecule has 2 unspecified atom stereocenters. The van der Waals surface area contributed by atoms with Crippen LogP contribution in [0.4, 0.5) is 4.79 Å². The number of nitrogens with one attached hydrogen (secondary N) is 2. The number of piperidine rings is 1. The minimum atomic E-state index is -0.688. The van der Waals surface area contributed by atoms with Gasteiger partial charge in [-0.2, -0.15) is 0 Å². The van der Waals surface area contributed by atoms with Gasteiger partial charge in [0.1, 0.15) is 5.75 Å². The molecule has 1 aromatic rings. The molecule has 1 saturated heterocycles. The maximum absolute atomic E-state index is 13.5. The van der Waals surface area contributed by atoms with Gasteiger partial charge in [-0.1, -0.05) is 24.3 Å². The molecule has 4 amide bonds. The summed E-state index contributed by atoms with van der Waals surface area (Å²) in [6.45, 7) is 0.602. The first-order chi connectivity index (χ1) is 17.0. The fourth-order valence-corrected chi connectivity index (χ4v) is 4.65. The highest BCUT2D eigenvalue weighted by atomic mass is 16.5. The SMILES string of the molecule is O=C1CCC(C2CCC(=O)c3cccc(OCCCNC(=O)N4C=CCCC=C4)c3C2=O)C(=O)N1. The molecule has 0 spiro atoms. The third-order valence-electron chi connectivity index (χ3n) is 6.48. The van der Waals surface area contributed by atoms with Gasteiger partial charge >= 0.3 is 6.03 Å². The molecule has 9 heteroatoms. The summed E-state index contributed by atoms with van der Waals surface area (Å²) < 4.78 is 5.88. The molecule has 9 nitrogen and oxygen atoms in total. The first-order valence-corrected chi connectivity index (χ1v) is 12.0. The van der Waals surface area contributed by atoms with E-state index in [1.807, 2.05) is 12.2 Å². The fourth-order valence-electron chi connectivity index (χ4n) is 4.65. The first kappa shape index (κ1) is 24.4. The van der Waals surface area contributed by atoms with Crippen molar-refractivity contribution < 1.29 is 28.7 Å². The number of carbonyl (C=O) groups excluding carboxylic acids is 5. The van der Waals surface area contributed by atoms with Crippen LogP contribution in [0.2, 0.25) is 0 Å². The number of nitrogens with zero attached hydrogens (tertiary/aromatic N) is 1. The third kappa shape index (κ3) is 5.67. The number of ether oxygens (including phenoxy) is 1. The highest BCUT2D eigenvalue weighted by Gasteiger charge is 2.41. The van der Waals surface area contributed by atoms with Crippen LogP contribution in [0.3, 0.4) is 0 Å². The second-order valence-electron chi connectivity index (χ2n) is 8.86. The number of amides is 4. The first-order valence-electron chi connectivity index (χ1n) is 12.0. The Kier molecular flexibility index (Phi) is 7.74. The lowest BCUT2D eigenvalue weighted by Crippen LogP contribution is -2.45. The Morgan fingerprint density at radius 1 is 1.03 bits per heavy atom. The highest BCUT2D eigenvalue weighted by Crippen LogP contribution is 2.36. The molecular formula is C26H29N3O6. The van der Waals surface area contributed by atoms with Gasteiger partial charge in [-0.25, -0.2) is 4.79 Å². The van der Waals surface area contributed by atoms with Crippen molar-refractivity contribution in [2.75, 3.05) is 13.2 Å². The van der Waals surface area contributed by atoms with Crippen molar-refractivity contribution in [2.45, 2.75) is 44.9 Å². The van der Waals surface area contributed by atoms with Gasteiger partial charge in [-0.3, -0.25) is 29.4 Å². The van der Waals surface area contributed by atoms with Crippen molar-refractivity contribution in [2.24, 2.45) is 11.8 Å². The topological polar surface area (TPSA) is 122 Å². The minimum absolute atomic E-state index is 0.149. The second kappa shape index (κ2) is 11.1. The molecule has 2 aliphatic heterocycles. The smallest absolute Gasteiger partial charge is 0.325 e. The number of urea groups is 1. The number of hydrogen-bond donors (Lipinski definition) is 2. The Hall–Kier alpha value is -3.75. The maximum atomic E-state index is 13.5. The molecule has 184 valence electrons. The van der Waals surface area contributed by atoms with Crippen LogP contribution >= 0.6 is 0 Å². The zero-order valence-corrected chi connectivity index (χ0v) is 19.5. The van der Waals surface area contributed by atoms with E-state index in [4.69, 9.17) is 4.74 Å². The van der Waals surface area contributed by atoms with E-state index in [9.17, 15) is 24.0 Å². The molecule has 1 aromatic carbocycles. The molecule has 2 N–H and O–H groups in total. The Balaban J connectivity index is 1.40. The summed E-state index contributed by atoms with van der Waals surface area (Å²) in [6.07, 6.45) is 10.5. The van der Waals surface area contributed by atoms with Crippen LogP contribution in [-0.4, -0.2) is 47.5 Å². The zero-order valence-electron chi connectivity index (χ0n) is 19.5. The molecule has 35 heavy (non-hydrogen) atoms. The molecule has 0 radical (unpaired) electrons. The van der Waals surface area contributed by atoms with E-state index in [1.54, 1.807) is 30.6 Å². The van der Waals surface area contributed by atoms with Crippen molar-refractivity contribution in [1.29, 1.82) is 0 Å². The number of carbonyl (C=O) groups is 5. The predicted molar refractivity (Wildman–Crippen MR) is 127 cm³/mol. The molecule has 1 aliphatic carbocycles. The monoisotopic (exact) mass is 479 g/mol. The Morgan fingerprint density at radius 2 is 1.77 bits per heavy atom. The van der Waals surface area contributed by atoms with Crippen molar-refractivity contribution in [1.82, 2.24) is 15.5 Å². The van der Waals surface area contributed by atoms with Crippen LogP contribution in [0.1, 0.15) is 65.7 Å². The fraction of sp³-hybridized carbons (Fsp3) is 0.423. The lowest BCUT2D eigenvalue weighted by Gasteiger charge is -2.27. The van der Waals surface area contributed by atoms with Gasteiger partial charge in [0.15, 0.2) is 11.6 Å². The van der Waals surface area contributed by atoms with Crippen molar-refractivity contribution >= 4 is 29.4 Å². The van der Waals surface area contributed by atoms with Crippen LogP contribution in [0.5, 0.6) is 5.75 Å². The van der Waals surface area contributed by atoms with Crippen LogP contribution in [-0.2, 0) is 9.59 Å². The Labute approximate surface area is 203 Å². The Morgan fingerprint density at radius 3 is 2.51 bits per heavy atom. The average Bonchev–Trinajstić information content (AvgIpc) is 3.19. The van der Waals surface area contributed by atoms with Crippen molar-refractivity contribution in [3.63, 3.8) is 0 Å².